The van der Waals surface area contributed by atoms with Crippen LogP contribution in [0, 0.1) is 0 Å². The highest BCUT2D eigenvalue weighted by atomic mass is 35.5. The third-order valence-corrected chi connectivity index (χ3v) is 6.95. The van der Waals surface area contributed by atoms with Gasteiger partial charge in [0, 0.05) is 36.0 Å². The van der Waals surface area contributed by atoms with Crippen molar-refractivity contribution in [2.75, 3.05) is 6.54 Å². The van der Waals surface area contributed by atoms with Gasteiger partial charge in [0.05, 0.1) is 20.4 Å². The number of nitrogens with one attached hydrogen (secondary N) is 1. The van der Waals surface area contributed by atoms with Gasteiger partial charge in [0.1, 0.15) is 5.76 Å². The molecule has 0 saturated carbocycles. The smallest absolute Gasteiger partial charge is 0.207 e. The molecule has 0 unspecified atom stereocenters. The molecule has 0 amide bonds. The second kappa shape index (κ2) is 7.35. The zero-order chi connectivity index (χ0) is 19.4. The Kier molecular flexibility index (Phi) is 5.55. The number of benzene rings is 2. The molecule has 2 heterocycles. The zero-order valence-corrected chi connectivity index (χ0v) is 17.8. The second-order valence-corrected chi connectivity index (χ2v) is 9.60. The molecule has 5 nitrogen and oxygen atoms in total. The first-order chi connectivity index (χ1) is 12.7. The second-order valence-electron chi connectivity index (χ2n) is 7.27. The number of hydrogen-bond donors (Lipinski definition) is 2. The van der Waals surface area contributed by atoms with Gasteiger partial charge in [-0.25, -0.2) is 8.42 Å². The van der Waals surface area contributed by atoms with Gasteiger partial charge in [0.2, 0.25) is 9.84 Å². The molecule has 1 aromatic heterocycles. The van der Waals surface area contributed by atoms with Crippen LogP contribution in [0.4, 0.5) is 0 Å². The Hall–Kier alpha value is -1.57. The summed E-state index contributed by atoms with van der Waals surface area (Å²) in [6, 6.07) is 9.52. The molecular weight excluding hydrogens is 421 g/mol. The van der Waals surface area contributed by atoms with Gasteiger partial charge in [-0.15, -0.1) is 12.4 Å². The van der Waals surface area contributed by atoms with Crippen LogP contribution in [0.1, 0.15) is 30.7 Å². The summed E-state index contributed by atoms with van der Waals surface area (Å²) in [6.45, 7) is 4.56. The van der Waals surface area contributed by atoms with Crippen molar-refractivity contribution in [3.05, 3.63) is 58.3 Å². The van der Waals surface area contributed by atoms with Gasteiger partial charge in [0.15, 0.2) is 5.58 Å². The highest BCUT2D eigenvalue weighted by molar-refractivity contribution is 7.91. The maximum absolute atomic E-state index is 13.4. The lowest BCUT2D eigenvalue weighted by molar-refractivity contribution is 0.0755. The fourth-order valence-electron chi connectivity index (χ4n) is 3.53. The molecule has 0 saturated heterocycles. The normalized spacial score (nSPS) is 14.6. The molecule has 28 heavy (non-hydrogen) atoms. The van der Waals surface area contributed by atoms with Gasteiger partial charge < -0.3 is 14.8 Å². The first-order valence-corrected chi connectivity index (χ1v) is 10.6. The Bertz CT molecular complexity index is 1150. The SMILES string of the molecule is CC(C)(O)c1ccccc1S(=O)(=O)c1cc(Cl)c2oc3c(c2c1)CNCC3.Cl. The third kappa shape index (κ3) is 3.44. The highest BCUT2D eigenvalue weighted by Crippen LogP contribution is 2.38. The van der Waals surface area contributed by atoms with Gasteiger partial charge in [-0.3, -0.25) is 0 Å². The van der Waals surface area contributed by atoms with Crippen LogP contribution in [0.3, 0.4) is 0 Å². The van der Waals surface area contributed by atoms with E-state index in [1.54, 1.807) is 38.1 Å². The first kappa shape index (κ1) is 21.1. The number of rotatable bonds is 3. The molecule has 1 aliphatic rings. The maximum atomic E-state index is 13.4. The fraction of sp³-hybridized carbons (Fsp3) is 0.300. The Morgan fingerprint density at radius 3 is 2.64 bits per heavy atom. The number of aliphatic hydroxyl groups is 1. The van der Waals surface area contributed by atoms with Crippen LogP contribution in [-0.2, 0) is 28.4 Å². The van der Waals surface area contributed by atoms with Crippen molar-refractivity contribution in [1.82, 2.24) is 5.32 Å². The van der Waals surface area contributed by atoms with E-state index in [2.05, 4.69) is 5.32 Å². The molecule has 2 N–H and O–H groups in total. The molecule has 0 spiro atoms. The number of halogens is 2. The van der Waals surface area contributed by atoms with Gasteiger partial charge in [0.25, 0.3) is 0 Å². The van der Waals surface area contributed by atoms with E-state index in [1.807, 2.05) is 0 Å². The molecule has 2 aromatic carbocycles. The van der Waals surface area contributed by atoms with E-state index < -0.39 is 15.4 Å². The first-order valence-electron chi connectivity index (χ1n) is 8.71. The minimum atomic E-state index is -3.88. The molecular formula is C20H21Cl2NO4S. The molecule has 0 aliphatic carbocycles. The van der Waals surface area contributed by atoms with Crippen molar-refractivity contribution in [2.24, 2.45) is 0 Å². The number of furan rings is 1. The van der Waals surface area contributed by atoms with E-state index >= 15 is 0 Å². The predicted molar refractivity (Wildman–Crippen MR) is 111 cm³/mol. The van der Waals surface area contributed by atoms with Crippen LogP contribution < -0.4 is 5.32 Å². The zero-order valence-electron chi connectivity index (χ0n) is 15.5. The van der Waals surface area contributed by atoms with Crippen molar-refractivity contribution in [3.63, 3.8) is 0 Å². The molecule has 0 atom stereocenters. The van der Waals surface area contributed by atoms with Crippen molar-refractivity contribution in [3.8, 4) is 0 Å². The maximum Gasteiger partial charge on any atom is 0.207 e. The van der Waals surface area contributed by atoms with E-state index in [1.165, 1.54) is 12.1 Å². The highest BCUT2D eigenvalue weighted by Gasteiger charge is 2.30. The summed E-state index contributed by atoms with van der Waals surface area (Å²) in [5.74, 6) is 0.845. The Morgan fingerprint density at radius 1 is 1.21 bits per heavy atom. The summed E-state index contributed by atoms with van der Waals surface area (Å²) in [5.41, 5.74) is 0.513. The van der Waals surface area contributed by atoms with E-state index in [9.17, 15) is 13.5 Å². The minimum Gasteiger partial charge on any atom is -0.459 e. The summed E-state index contributed by atoms with van der Waals surface area (Å²) >= 11 is 6.38. The van der Waals surface area contributed by atoms with Gasteiger partial charge >= 0.3 is 0 Å². The average molecular weight is 442 g/mol. The van der Waals surface area contributed by atoms with Crippen molar-refractivity contribution < 1.29 is 17.9 Å². The largest absolute Gasteiger partial charge is 0.459 e. The Morgan fingerprint density at radius 2 is 1.93 bits per heavy atom. The minimum absolute atomic E-state index is 0. The van der Waals surface area contributed by atoms with Crippen LogP contribution in [0.15, 0.2) is 50.6 Å². The number of sulfone groups is 1. The van der Waals surface area contributed by atoms with Crippen LogP contribution in [0.2, 0.25) is 5.02 Å². The van der Waals surface area contributed by atoms with Crippen LogP contribution >= 0.6 is 24.0 Å². The number of hydrogen-bond acceptors (Lipinski definition) is 5. The van der Waals surface area contributed by atoms with E-state index in [-0.39, 0.29) is 27.2 Å². The standard InChI is InChI=1S/C20H20ClNO4S.ClH/c1-20(2,23)15-5-3-4-6-18(15)27(24,25)12-9-13-14-11-22-8-7-17(14)26-19(13)16(21)10-12;/h3-6,9-10,22-23H,7-8,11H2,1-2H3;1H. The quantitative estimate of drug-likeness (QED) is 0.635. The Labute approximate surface area is 175 Å². The Balaban J connectivity index is 0.00000225. The summed E-state index contributed by atoms with van der Waals surface area (Å²) in [7, 11) is -3.88. The van der Waals surface area contributed by atoms with Crippen LogP contribution in [-0.4, -0.2) is 20.1 Å². The molecule has 1 aliphatic heterocycles. The predicted octanol–water partition coefficient (Wildman–Crippen LogP) is 4.21. The third-order valence-electron chi connectivity index (χ3n) is 4.88. The molecule has 0 fully saturated rings. The molecule has 0 bridgehead atoms. The van der Waals surface area contributed by atoms with Gasteiger partial charge in [-0.2, -0.15) is 0 Å². The molecule has 150 valence electrons. The van der Waals surface area contributed by atoms with Crippen molar-refractivity contribution in [1.29, 1.82) is 0 Å². The summed E-state index contributed by atoms with van der Waals surface area (Å²) in [6.07, 6.45) is 0.740. The molecule has 3 aromatic rings. The summed E-state index contributed by atoms with van der Waals surface area (Å²) in [4.78, 5) is 0.161. The van der Waals surface area contributed by atoms with E-state index in [0.29, 0.717) is 23.1 Å². The van der Waals surface area contributed by atoms with E-state index in [4.69, 9.17) is 16.0 Å². The molecule has 4 rings (SSSR count). The van der Waals surface area contributed by atoms with Crippen LogP contribution in [0.5, 0.6) is 0 Å². The lowest BCUT2D eigenvalue weighted by Gasteiger charge is -2.21. The van der Waals surface area contributed by atoms with Crippen molar-refractivity contribution in [2.45, 2.75) is 42.2 Å². The number of fused-ring (bicyclic) bond motifs is 3. The monoisotopic (exact) mass is 441 g/mol. The fourth-order valence-corrected chi connectivity index (χ4v) is 5.52. The topological polar surface area (TPSA) is 79.5 Å². The van der Waals surface area contributed by atoms with Gasteiger partial charge in [-0.05, 0) is 32.0 Å². The summed E-state index contributed by atoms with van der Waals surface area (Å²) in [5, 5.41) is 14.7. The van der Waals surface area contributed by atoms with Crippen LogP contribution in [0.25, 0.3) is 11.0 Å². The average Bonchev–Trinajstić information content (AvgIpc) is 3.00. The lowest BCUT2D eigenvalue weighted by Crippen LogP contribution is -2.22. The van der Waals surface area contributed by atoms with Gasteiger partial charge in [-0.1, -0.05) is 29.8 Å². The molecule has 8 heteroatoms. The lowest BCUT2D eigenvalue weighted by atomic mass is 9.99. The molecule has 0 radical (unpaired) electrons. The van der Waals surface area contributed by atoms with E-state index in [0.717, 1.165) is 24.3 Å². The summed E-state index contributed by atoms with van der Waals surface area (Å²) < 4.78 is 32.6. The van der Waals surface area contributed by atoms with Crippen molar-refractivity contribution >= 4 is 44.8 Å².